The molecule has 0 radical (unpaired) electrons. The quantitative estimate of drug-likeness (QED) is 0.299. The Kier molecular flexibility index (Phi) is 13.3. The molecule has 7 N–H and O–H groups in total. The van der Waals surface area contributed by atoms with Gasteiger partial charge in [0, 0.05) is 18.1 Å². The number of aliphatic hydroxyl groups excluding tert-OH is 1. The first-order valence-corrected chi connectivity index (χ1v) is 7.17. The smallest absolute Gasteiger partial charge is 0.321 e. The second kappa shape index (κ2) is 12.0. The molecule has 7 nitrogen and oxygen atoms in total. The molecule has 0 aromatic heterocycles. The van der Waals surface area contributed by atoms with Gasteiger partial charge in [0.05, 0.1) is 0 Å². The molecule has 0 aromatic carbocycles. The SMILES string of the molecule is CCO.NC(CSSCC(N)C(=O)O)C(=O)O. The molecule has 2 unspecified atom stereocenters. The first kappa shape index (κ1) is 18.9. The third-order valence-electron chi connectivity index (χ3n) is 1.21. The minimum Gasteiger partial charge on any atom is -0.480 e. The van der Waals surface area contributed by atoms with Gasteiger partial charge >= 0.3 is 11.9 Å². The number of nitrogens with two attached hydrogens (primary N) is 2. The largest absolute Gasteiger partial charge is 0.480 e. The Balaban J connectivity index is 0. The van der Waals surface area contributed by atoms with Gasteiger partial charge in [-0.3, -0.25) is 9.59 Å². The van der Waals surface area contributed by atoms with Crippen molar-refractivity contribution in [3.8, 4) is 0 Å². The van der Waals surface area contributed by atoms with Crippen LogP contribution in [-0.2, 0) is 9.59 Å². The second-order valence-corrected chi connectivity index (χ2v) is 5.33. The van der Waals surface area contributed by atoms with E-state index in [-0.39, 0.29) is 18.1 Å². The summed E-state index contributed by atoms with van der Waals surface area (Å²) >= 11 is 0. The van der Waals surface area contributed by atoms with Crippen LogP contribution in [0.15, 0.2) is 0 Å². The molecule has 17 heavy (non-hydrogen) atoms. The highest BCUT2D eigenvalue weighted by atomic mass is 33.1. The highest BCUT2D eigenvalue weighted by molar-refractivity contribution is 8.76. The lowest BCUT2D eigenvalue weighted by atomic mass is 10.4. The molecule has 2 atom stereocenters. The topological polar surface area (TPSA) is 147 Å². The number of carboxylic acids is 2. The lowest BCUT2D eigenvalue weighted by molar-refractivity contribution is -0.138. The monoisotopic (exact) mass is 286 g/mol. The summed E-state index contributed by atoms with van der Waals surface area (Å²) in [5.41, 5.74) is 10.4. The van der Waals surface area contributed by atoms with Crippen LogP contribution in [0, 0.1) is 0 Å². The molecule has 0 aliphatic carbocycles. The number of aliphatic hydroxyl groups is 1. The third-order valence-corrected chi connectivity index (χ3v) is 3.69. The van der Waals surface area contributed by atoms with Crippen LogP contribution in [-0.4, -0.2) is 57.5 Å². The molecule has 0 saturated carbocycles. The van der Waals surface area contributed by atoms with Crippen LogP contribution in [0.1, 0.15) is 6.92 Å². The maximum absolute atomic E-state index is 10.3. The van der Waals surface area contributed by atoms with Crippen LogP contribution in [0.4, 0.5) is 0 Å². The van der Waals surface area contributed by atoms with Gasteiger partial charge < -0.3 is 26.8 Å². The first-order valence-electron chi connectivity index (χ1n) is 4.68. The van der Waals surface area contributed by atoms with E-state index in [1.807, 2.05) is 0 Å². The third kappa shape index (κ3) is 13.5. The van der Waals surface area contributed by atoms with Crippen molar-refractivity contribution in [2.75, 3.05) is 18.1 Å². The van der Waals surface area contributed by atoms with Crippen molar-refractivity contribution >= 4 is 33.5 Å². The van der Waals surface area contributed by atoms with E-state index in [0.29, 0.717) is 0 Å². The molecule has 0 heterocycles. The summed E-state index contributed by atoms with van der Waals surface area (Å²) < 4.78 is 0. The Bertz CT molecular complexity index is 208. The summed E-state index contributed by atoms with van der Waals surface area (Å²) in [6.45, 7) is 1.93. The van der Waals surface area contributed by atoms with E-state index in [4.69, 9.17) is 26.8 Å². The van der Waals surface area contributed by atoms with Crippen LogP contribution >= 0.6 is 21.6 Å². The highest BCUT2D eigenvalue weighted by Gasteiger charge is 2.14. The van der Waals surface area contributed by atoms with Crippen molar-refractivity contribution in [3.63, 3.8) is 0 Å². The number of aliphatic carboxylic acids is 2. The van der Waals surface area contributed by atoms with Gasteiger partial charge in [-0.1, -0.05) is 21.6 Å². The van der Waals surface area contributed by atoms with Gasteiger partial charge in [-0.2, -0.15) is 0 Å². The van der Waals surface area contributed by atoms with E-state index >= 15 is 0 Å². The number of hydrogen-bond acceptors (Lipinski definition) is 7. The van der Waals surface area contributed by atoms with Crippen molar-refractivity contribution in [2.45, 2.75) is 19.0 Å². The summed E-state index contributed by atoms with van der Waals surface area (Å²) in [5.74, 6) is -1.68. The van der Waals surface area contributed by atoms with Crippen molar-refractivity contribution in [2.24, 2.45) is 11.5 Å². The normalized spacial score (nSPS) is 13.2. The maximum atomic E-state index is 10.3. The van der Waals surface area contributed by atoms with Crippen LogP contribution < -0.4 is 11.5 Å². The number of hydrogen-bond donors (Lipinski definition) is 5. The van der Waals surface area contributed by atoms with Crippen LogP contribution in [0.3, 0.4) is 0 Å². The van der Waals surface area contributed by atoms with E-state index < -0.39 is 24.0 Å². The second-order valence-electron chi connectivity index (χ2n) is 2.77. The fourth-order valence-corrected chi connectivity index (χ4v) is 2.61. The van der Waals surface area contributed by atoms with Crippen molar-refractivity contribution < 1.29 is 24.9 Å². The van der Waals surface area contributed by atoms with Gasteiger partial charge in [-0.05, 0) is 6.92 Å². The average Bonchev–Trinajstić information content (AvgIpc) is 2.24. The molecule has 0 saturated heterocycles. The van der Waals surface area contributed by atoms with Crippen molar-refractivity contribution in [3.05, 3.63) is 0 Å². The summed E-state index contributed by atoms with van der Waals surface area (Å²) in [5, 5.41) is 24.4. The highest BCUT2D eigenvalue weighted by Crippen LogP contribution is 2.22. The predicted octanol–water partition coefficient (Wildman–Crippen LogP) is -0.810. The summed E-state index contributed by atoms with van der Waals surface area (Å²) in [6.07, 6.45) is 0. The molecule has 0 amide bonds. The molecular weight excluding hydrogens is 268 g/mol. The van der Waals surface area contributed by atoms with Gasteiger partial charge in [-0.25, -0.2) is 0 Å². The molecular formula is C8H18N2O5S2. The molecule has 0 spiro atoms. The zero-order valence-corrected chi connectivity index (χ0v) is 11.0. The molecule has 0 rings (SSSR count). The summed E-state index contributed by atoms with van der Waals surface area (Å²) in [6, 6.07) is -1.85. The van der Waals surface area contributed by atoms with Crippen LogP contribution in [0.25, 0.3) is 0 Å². The van der Waals surface area contributed by atoms with Crippen molar-refractivity contribution in [1.29, 1.82) is 0 Å². The van der Waals surface area contributed by atoms with E-state index in [1.165, 1.54) is 21.6 Å². The Hall–Kier alpha value is -0.480. The van der Waals surface area contributed by atoms with E-state index in [2.05, 4.69) is 0 Å². The van der Waals surface area contributed by atoms with Gasteiger partial charge in [0.25, 0.3) is 0 Å². The molecule has 0 bridgehead atoms. The minimum atomic E-state index is -1.07. The predicted molar refractivity (Wildman–Crippen MR) is 68.9 cm³/mol. The van der Waals surface area contributed by atoms with Crippen LogP contribution in [0.5, 0.6) is 0 Å². The lowest BCUT2D eigenvalue weighted by Crippen LogP contribution is -2.33. The Morgan fingerprint density at radius 1 is 1.06 bits per heavy atom. The molecule has 0 aliphatic heterocycles. The van der Waals surface area contributed by atoms with Crippen molar-refractivity contribution in [1.82, 2.24) is 0 Å². The average molecular weight is 286 g/mol. The summed E-state index contributed by atoms with van der Waals surface area (Å²) in [7, 11) is 2.41. The minimum absolute atomic E-state index is 0.229. The number of rotatable bonds is 7. The molecule has 102 valence electrons. The summed E-state index contributed by atoms with van der Waals surface area (Å²) in [4.78, 5) is 20.5. The fourth-order valence-electron chi connectivity index (χ4n) is 0.385. The zero-order chi connectivity index (χ0) is 13.8. The zero-order valence-electron chi connectivity index (χ0n) is 9.41. The first-order chi connectivity index (χ1) is 7.86. The molecule has 9 heteroatoms. The standard InChI is InChI=1S/C6H12N2O4S2.C2H6O/c7-3(5(9)10)1-13-14-2-4(8)6(11)12;1-2-3/h3-4H,1-2,7-8H2,(H,9,10)(H,11,12);3H,2H2,1H3. The molecule has 0 aliphatic rings. The Labute approximate surface area is 107 Å². The van der Waals surface area contributed by atoms with Gasteiger partial charge in [-0.15, -0.1) is 0 Å². The number of carbonyl (C=O) groups is 2. The molecule has 0 aromatic rings. The van der Waals surface area contributed by atoms with Gasteiger partial charge in [0.1, 0.15) is 12.1 Å². The fraction of sp³-hybridized carbons (Fsp3) is 0.750. The van der Waals surface area contributed by atoms with Gasteiger partial charge in [0.2, 0.25) is 0 Å². The lowest BCUT2D eigenvalue weighted by Gasteiger charge is -2.07. The van der Waals surface area contributed by atoms with E-state index in [1.54, 1.807) is 6.92 Å². The Morgan fingerprint density at radius 2 is 1.29 bits per heavy atom. The maximum Gasteiger partial charge on any atom is 0.321 e. The Morgan fingerprint density at radius 3 is 1.47 bits per heavy atom. The molecule has 0 fully saturated rings. The van der Waals surface area contributed by atoms with Gasteiger partial charge in [0.15, 0.2) is 0 Å². The van der Waals surface area contributed by atoms with E-state index in [0.717, 1.165) is 0 Å². The van der Waals surface area contributed by atoms with Crippen LogP contribution in [0.2, 0.25) is 0 Å². The van der Waals surface area contributed by atoms with E-state index in [9.17, 15) is 9.59 Å². The number of carboxylic acid groups (broad SMARTS) is 2.